The molecule has 0 saturated heterocycles. The molecule has 0 spiro atoms. The first-order valence-electron chi connectivity index (χ1n) is 11.8. The summed E-state index contributed by atoms with van der Waals surface area (Å²) in [6.07, 6.45) is 0. The summed E-state index contributed by atoms with van der Waals surface area (Å²) in [4.78, 5) is 0. The molecule has 0 aliphatic rings. The van der Waals surface area contributed by atoms with E-state index in [1.54, 1.807) is 0 Å². The van der Waals surface area contributed by atoms with Crippen molar-refractivity contribution in [1.29, 1.82) is 0 Å². The average molecular weight is 579 g/mol. The van der Waals surface area contributed by atoms with Gasteiger partial charge in [-0.05, 0) is 80.1 Å². The van der Waals surface area contributed by atoms with Crippen LogP contribution in [0.4, 0.5) is 0 Å². The summed E-state index contributed by atoms with van der Waals surface area (Å²) < 4.78 is 56.9. The Balaban J connectivity index is 6.30. The van der Waals surface area contributed by atoms with E-state index in [0.717, 1.165) is 0 Å². The summed E-state index contributed by atoms with van der Waals surface area (Å²) >= 11 is 0. The van der Waals surface area contributed by atoms with Gasteiger partial charge in [0.25, 0.3) is 0 Å². The molecule has 0 atom stereocenters. The van der Waals surface area contributed by atoms with Crippen LogP contribution < -0.4 is 0 Å². The van der Waals surface area contributed by atoms with Gasteiger partial charge in [-0.25, -0.2) is 0 Å². The van der Waals surface area contributed by atoms with Crippen LogP contribution in [-0.2, 0) is 38.3 Å². The van der Waals surface area contributed by atoms with Crippen molar-refractivity contribution >= 4 is 51.9 Å². The largest absolute Gasteiger partial charge is 0.472 e. The van der Waals surface area contributed by atoms with E-state index in [1.165, 1.54) is 0 Å². The molecule has 0 bridgehead atoms. The van der Waals surface area contributed by atoms with Crippen LogP contribution in [0.25, 0.3) is 0 Å². The minimum absolute atomic E-state index is 0.548. The topological polar surface area (TPSA) is 83.1 Å². The molecule has 0 aromatic rings. The van der Waals surface area contributed by atoms with E-state index in [-0.39, 0.29) is 0 Å². The molecule has 0 aliphatic carbocycles. The summed E-state index contributed by atoms with van der Waals surface area (Å²) in [6, 6.07) is 0. The van der Waals surface area contributed by atoms with Crippen molar-refractivity contribution in [2.75, 3.05) is 26.4 Å². The van der Waals surface area contributed by atoms with Crippen molar-refractivity contribution in [3.8, 4) is 0 Å². The van der Waals surface area contributed by atoms with E-state index in [1.807, 2.05) is 93.2 Å². The van der Waals surface area contributed by atoms with Crippen LogP contribution in [-0.4, -0.2) is 78.3 Å². The lowest BCUT2D eigenvalue weighted by molar-refractivity contribution is 0.121. The Labute approximate surface area is 209 Å². The van der Waals surface area contributed by atoms with Crippen molar-refractivity contribution in [3.63, 3.8) is 0 Å². The number of rotatable bonds is 18. The lowest BCUT2D eigenvalue weighted by Gasteiger charge is -2.45. The van der Waals surface area contributed by atoms with Crippen LogP contribution in [0.3, 0.4) is 0 Å². The van der Waals surface area contributed by atoms with Crippen LogP contribution in [0.5, 0.6) is 0 Å². The summed E-state index contributed by atoms with van der Waals surface area (Å²) in [6.45, 7) is 29.7. The van der Waals surface area contributed by atoms with Gasteiger partial charge in [-0.3, -0.25) is 0 Å². The Bertz CT molecular complexity index is 490. The smallest absolute Gasteiger partial charge is 0.395 e. The lowest BCUT2D eigenvalue weighted by atomic mass is 10.9. The molecule has 33 heavy (non-hydrogen) atoms. The summed E-state index contributed by atoms with van der Waals surface area (Å²) in [5, 5.41) is 0. The third-order valence-corrected chi connectivity index (χ3v) is 24.8. The molecule has 0 aromatic carbocycles. The molecule has 0 unspecified atom stereocenters. The van der Waals surface area contributed by atoms with Gasteiger partial charge in [0.05, 0.1) is 0 Å². The van der Waals surface area contributed by atoms with Crippen molar-refractivity contribution in [1.82, 2.24) is 0 Å². The van der Waals surface area contributed by atoms with E-state index in [4.69, 9.17) is 38.3 Å². The van der Waals surface area contributed by atoms with Gasteiger partial charge in [0, 0.05) is 39.5 Å². The fraction of sp³-hybridized carbons (Fsp3) is 1.00. The molecule has 0 N–H and O–H groups in total. The molecular weight excluding hydrogens is 529 g/mol. The fourth-order valence-electron chi connectivity index (χ4n) is 3.76. The second-order valence-corrected chi connectivity index (χ2v) is 29.5. The maximum absolute atomic E-state index is 6.76. The predicted molar refractivity (Wildman–Crippen MR) is 145 cm³/mol. The zero-order valence-electron chi connectivity index (χ0n) is 23.5. The quantitative estimate of drug-likeness (QED) is 0.205. The van der Waals surface area contributed by atoms with E-state index < -0.39 is 51.9 Å². The van der Waals surface area contributed by atoms with Gasteiger partial charge in [-0.2, -0.15) is 0 Å². The number of hydrogen-bond acceptors (Lipinski definition) is 9. The Kier molecular flexibility index (Phi) is 13.9. The zero-order chi connectivity index (χ0) is 26.2. The molecule has 15 heteroatoms. The van der Waals surface area contributed by atoms with Crippen molar-refractivity contribution in [2.45, 2.75) is 93.2 Å². The molecule has 0 aliphatic heterocycles. The highest BCUT2D eigenvalue weighted by atomic mass is 28.5. The van der Waals surface area contributed by atoms with Crippen LogP contribution in [0.2, 0.25) is 65.5 Å². The zero-order valence-corrected chi connectivity index (χ0v) is 29.5. The highest BCUT2D eigenvalue weighted by molar-refractivity contribution is 6.89. The molecule has 0 radical (unpaired) electrons. The Morgan fingerprint density at radius 1 is 0.333 bits per heavy atom. The lowest BCUT2D eigenvalue weighted by Crippen LogP contribution is -2.67. The monoisotopic (exact) mass is 578 g/mol. The van der Waals surface area contributed by atoms with Crippen molar-refractivity contribution in [3.05, 3.63) is 0 Å². The molecule has 0 rings (SSSR count). The van der Waals surface area contributed by atoms with Crippen LogP contribution in [0, 0.1) is 0 Å². The van der Waals surface area contributed by atoms with Gasteiger partial charge < -0.3 is 38.3 Å². The van der Waals surface area contributed by atoms with Gasteiger partial charge in [0.15, 0.2) is 0 Å². The summed E-state index contributed by atoms with van der Waals surface area (Å²) in [5.74, 6) is 0. The van der Waals surface area contributed by atoms with Gasteiger partial charge >= 0.3 is 51.9 Å². The Hall–Kier alpha value is 0.941. The molecule has 0 aromatic heterocycles. The second kappa shape index (κ2) is 13.5. The van der Waals surface area contributed by atoms with Gasteiger partial charge in [-0.1, -0.05) is 0 Å². The SMILES string of the molecule is CCO[Si](C)(C)O[Si](C)(O[Si](C)(C)OCC)O[Si](C)(O[Si](C)(C)OCC)O[Si](C)(C)OCC. The van der Waals surface area contributed by atoms with Crippen molar-refractivity contribution < 1.29 is 38.3 Å². The van der Waals surface area contributed by atoms with E-state index >= 15 is 0 Å². The molecule has 0 fully saturated rings. The minimum atomic E-state index is -3.36. The van der Waals surface area contributed by atoms with Crippen LogP contribution >= 0.6 is 0 Å². The molecule has 0 heterocycles. The van der Waals surface area contributed by atoms with E-state index in [2.05, 4.69) is 0 Å². The van der Waals surface area contributed by atoms with Gasteiger partial charge in [-0.15, -0.1) is 0 Å². The van der Waals surface area contributed by atoms with Crippen molar-refractivity contribution in [2.24, 2.45) is 0 Å². The Morgan fingerprint density at radius 2 is 0.515 bits per heavy atom. The fourth-order valence-corrected chi connectivity index (χ4v) is 27.7. The third-order valence-electron chi connectivity index (χ3n) is 4.06. The molecule has 9 nitrogen and oxygen atoms in total. The molecule has 0 amide bonds. The first kappa shape index (κ1) is 33.9. The Morgan fingerprint density at radius 3 is 0.667 bits per heavy atom. The highest BCUT2D eigenvalue weighted by Gasteiger charge is 2.57. The maximum Gasteiger partial charge on any atom is 0.472 e. The second-order valence-electron chi connectivity index (χ2n) is 9.57. The first-order valence-corrected chi connectivity index (χ1v) is 27.6. The average Bonchev–Trinajstić information content (AvgIpc) is 2.49. The maximum atomic E-state index is 6.76. The van der Waals surface area contributed by atoms with Gasteiger partial charge in [0.1, 0.15) is 0 Å². The normalized spacial score (nSPS) is 14.7. The van der Waals surface area contributed by atoms with Gasteiger partial charge in [0.2, 0.25) is 0 Å². The van der Waals surface area contributed by atoms with E-state index in [9.17, 15) is 0 Å². The predicted octanol–water partition coefficient (Wildman–Crippen LogP) is 5.16. The molecule has 200 valence electrons. The third kappa shape index (κ3) is 14.3. The summed E-state index contributed by atoms with van der Waals surface area (Å²) in [7, 11) is -17.0. The molecule has 0 saturated carbocycles. The standard InChI is InChI=1S/C18H50O9Si6/c1-15-19-28(5,6)23-32(13,24-29(7,8)20-16-2)27-33(14,25-30(9,10)21-17-3)26-31(11,12)22-18-4/h15-18H2,1-14H3. The highest BCUT2D eigenvalue weighted by Crippen LogP contribution is 2.31. The minimum Gasteiger partial charge on any atom is -0.395 e. The summed E-state index contributed by atoms with van der Waals surface area (Å²) in [5.41, 5.74) is 0. The molecular formula is C18H50O9Si6. The van der Waals surface area contributed by atoms with Crippen LogP contribution in [0.15, 0.2) is 0 Å². The van der Waals surface area contributed by atoms with Crippen LogP contribution in [0.1, 0.15) is 27.7 Å². The first-order chi connectivity index (χ1) is 14.8. The number of hydrogen-bond donors (Lipinski definition) is 0. The van der Waals surface area contributed by atoms with E-state index in [0.29, 0.717) is 26.4 Å².